The second kappa shape index (κ2) is 4.93. The van der Waals surface area contributed by atoms with Crippen LogP contribution in [-0.4, -0.2) is 4.98 Å². The molecule has 0 aliphatic carbocycles. The normalized spacial score (nSPS) is 10.6. The summed E-state index contributed by atoms with van der Waals surface area (Å²) < 4.78 is 0. The van der Waals surface area contributed by atoms with Gasteiger partial charge >= 0.3 is 0 Å². The van der Waals surface area contributed by atoms with Crippen LogP contribution in [0.2, 0.25) is 0 Å². The first kappa shape index (κ1) is 9.26. The van der Waals surface area contributed by atoms with E-state index in [1.165, 1.54) is 0 Å². The Hall–Kier alpha value is -1.83. The summed E-state index contributed by atoms with van der Waals surface area (Å²) in [4.78, 5) is 4.11. The monoisotopic (exact) mass is 172 g/mol. The van der Waals surface area contributed by atoms with E-state index in [0.717, 1.165) is 11.5 Å². The van der Waals surface area contributed by atoms with Gasteiger partial charge in [0.25, 0.3) is 0 Å². The quantitative estimate of drug-likeness (QED) is 0.706. The van der Waals surface area contributed by atoms with E-state index in [-0.39, 0.29) is 0 Å². The van der Waals surface area contributed by atoms with Gasteiger partial charge in [0.1, 0.15) is 5.82 Å². The highest BCUT2D eigenvalue weighted by Gasteiger charge is 1.91. The minimum absolute atomic E-state index is 0.801. The van der Waals surface area contributed by atoms with Crippen LogP contribution in [0.4, 0.5) is 5.82 Å². The van der Waals surface area contributed by atoms with E-state index >= 15 is 0 Å². The number of hydrogen-bond donors (Lipinski definition) is 1. The van der Waals surface area contributed by atoms with Gasteiger partial charge in [-0.15, -0.1) is 0 Å². The zero-order chi connectivity index (χ0) is 9.52. The largest absolute Gasteiger partial charge is 0.340 e. The molecule has 1 aromatic heterocycles. The van der Waals surface area contributed by atoms with Gasteiger partial charge in [0.05, 0.1) is 0 Å². The Balaban J connectivity index is 2.73. The smallest absolute Gasteiger partial charge is 0.130 e. The summed E-state index contributed by atoms with van der Waals surface area (Å²) in [6.07, 6.45) is 6.99. The summed E-state index contributed by atoms with van der Waals surface area (Å²) in [5.74, 6) is 0.801. The lowest BCUT2D eigenvalue weighted by molar-refractivity contribution is 1.29. The fraction of sp³-hybridized carbons (Fsp3) is 0. The molecule has 0 amide bonds. The van der Waals surface area contributed by atoms with Gasteiger partial charge in [-0.25, -0.2) is 4.98 Å². The highest BCUT2D eigenvalue weighted by atomic mass is 15.0. The van der Waals surface area contributed by atoms with E-state index in [1.54, 1.807) is 18.3 Å². The van der Waals surface area contributed by atoms with Crippen molar-refractivity contribution < 1.29 is 0 Å². The Morgan fingerprint density at radius 2 is 2.23 bits per heavy atom. The number of allylic oxidation sites excluding steroid dienone is 3. The topological polar surface area (TPSA) is 24.9 Å². The lowest BCUT2D eigenvalue weighted by Crippen LogP contribution is -1.97. The molecule has 0 saturated heterocycles. The molecule has 13 heavy (non-hydrogen) atoms. The molecule has 0 radical (unpaired) electrons. The number of aromatic nitrogens is 1. The van der Waals surface area contributed by atoms with Crippen molar-refractivity contribution in [1.29, 1.82) is 0 Å². The van der Waals surface area contributed by atoms with Crippen molar-refractivity contribution in [3.8, 4) is 0 Å². The lowest BCUT2D eigenvalue weighted by atomic mass is 10.3. The van der Waals surface area contributed by atoms with Gasteiger partial charge in [-0.3, -0.25) is 0 Å². The number of nitrogens with zero attached hydrogens (tertiary/aromatic N) is 1. The molecule has 2 heteroatoms. The van der Waals surface area contributed by atoms with Crippen LogP contribution in [0.25, 0.3) is 0 Å². The SMILES string of the molecule is C=C/C=C(\C=C)Nc1ccccn1. The minimum Gasteiger partial charge on any atom is -0.340 e. The zero-order valence-electron chi connectivity index (χ0n) is 7.40. The fourth-order valence-corrected chi connectivity index (χ4v) is 0.872. The molecule has 1 rings (SSSR count). The summed E-state index contributed by atoms with van der Waals surface area (Å²) in [6, 6.07) is 5.68. The van der Waals surface area contributed by atoms with Crippen LogP contribution < -0.4 is 5.32 Å². The van der Waals surface area contributed by atoms with Crippen molar-refractivity contribution in [2.75, 3.05) is 5.32 Å². The maximum absolute atomic E-state index is 4.11. The fourth-order valence-electron chi connectivity index (χ4n) is 0.872. The third-order valence-electron chi connectivity index (χ3n) is 1.45. The molecule has 1 N–H and O–H groups in total. The summed E-state index contributed by atoms with van der Waals surface area (Å²) in [5.41, 5.74) is 0.883. The molecule has 0 fully saturated rings. The maximum Gasteiger partial charge on any atom is 0.130 e. The Morgan fingerprint density at radius 1 is 1.38 bits per heavy atom. The predicted octanol–water partition coefficient (Wildman–Crippen LogP) is 2.75. The summed E-state index contributed by atoms with van der Waals surface area (Å²) in [6.45, 7) is 7.27. The van der Waals surface area contributed by atoms with Crippen LogP contribution in [0.1, 0.15) is 0 Å². The molecule has 0 aliphatic rings. The van der Waals surface area contributed by atoms with Crippen LogP contribution in [-0.2, 0) is 0 Å². The van der Waals surface area contributed by atoms with E-state index in [9.17, 15) is 0 Å². The van der Waals surface area contributed by atoms with E-state index in [0.29, 0.717) is 0 Å². The van der Waals surface area contributed by atoms with Crippen molar-refractivity contribution in [2.24, 2.45) is 0 Å². The van der Waals surface area contributed by atoms with Crippen molar-refractivity contribution >= 4 is 5.82 Å². The molecule has 66 valence electrons. The van der Waals surface area contributed by atoms with E-state index in [4.69, 9.17) is 0 Å². The molecule has 1 heterocycles. The molecule has 0 spiro atoms. The van der Waals surface area contributed by atoms with Gasteiger partial charge < -0.3 is 5.32 Å². The second-order valence-corrected chi connectivity index (χ2v) is 2.40. The number of nitrogens with one attached hydrogen (secondary N) is 1. The Bertz CT molecular complexity index is 312. The third kappa shape index (κ3) is 2.95. The van der Waals surface area contributed by atoms with Gasteiger partial charge in [-0.05, 0) is 24.3 Å². The molecule has 0 saturated carbocycles. The molecule has 1 aromatic rings. The van der Waals surface area contributed by atoms with Crippen molar-refractivity contribution in [2.45, 2.75) is 0 Å². The molecule has 2 nitrogen and oxygen atoms in total. The first-order chi connectivity index (χ1) is 6.36. The molecular formula is C11H12N2. The Labute approximate surface area is 78.3 Å². The Kier molecular flexibility index (Phi) is 3.51. The zero-order valence-corrected chi connectivity index (χ0v) is 7.40. The van der Waals surface area contributed by atoms with Crippen molar-refractivity contribution in [3.63, 3.8) is 0 Å². The van der Waals surface area contributed by atoms with Crippen LogP contribution in [0, 0.1) is 0 Å². The average Bonchev–Trinajstić information content (AvgIpc) is 2.19. The third-order valence-corrected chi connectivity index (χ3v) is 1.45. The van der Waals surface area contributed by atoms with Crippen molar-refractivity contribution in [1.82, 2.24) is 4.98 Å². The number of anilines is 1. The van der Waals surface area contributed by atoms with Crippen LogP contribution in [0.3, 0.4) is 0 Å². The molecule has 0 aliphatic heterocycles. The first-order valence-corrected chi connectivity index (χ1v) is 4.00. The summed E-state index contributed by atoms with van der Waals surface area (Å²) in [5, 5.41) is 3.09. The molecule has 0 unspecified atom stereocenters. The highest BCUT2D eigenvalue weighted by molar-refractivity contribution is 5.44. The predicted molar refractivity (Wildman–Crippen MR) is 56.3 cm³/mol. The lowest BCUT2D eigenvalue weighted by Gasteiger charge is -2.03. The van der Waals surface area contributed by atoms with Crippen LogP contribution >= 0.6 is 0 Å². The first-order valence-electron chi connectivity index (χ1n) is 4.00. The van der Waals surface area contributed by atoms with Gasteiger partial charge in [0.15, 0.2) is 0 Å². The maximum atomic E-state index is 4.11. The number of rotatable bonds is 4. The van der Waals surface area contributed by atoms with E-state index < -0.39 is 0 Å². The second-order valence-electron chi connectivity index (χ2n) is 2.40. The average molecular weight is 172 g/mol. The highest BCUT2D eigenvalue weighted by Crippen LogP contribution is 2.05. The van der Waals surface area contributed by atoms with Gasteiger partial charge in [-0.1, -0.05) is 25.3 Å². The van der Waals surface area contributed by atoms with Gasteiger partial charge in [0.2, 0.25) is 0 Å². The van der Waals surface area contributed by atoms with Gasteiger partial charge in [0, 0.05) is 11.9 Å². The van der Waals surface area contributed by atoms with Crippen LogP contribution in [0.15, 0.2) is 61.5 Å². The molecule has 0 aromatic carbocycles. The molecular weight excluding hydrogens is 160 g/mol. The standard InChI is InChI=1S/C11H12N2/c1-3-7-10(4-2)13-11-8-5-6-9-12-11/h3-9H,1-2H2,(H,12,13)/b10-7+. The number of pyridine rings is 1. The minimum atomic E-state index is 0.801. The summed E-state index contributed by atoms with van der Waals surface area (Å²) >= 11 is 0. The van der Waals surface area contributed by atoms with Gasteiger partial charge in [-0.2, -0.15) is 0 Å². The van der Waals surface area contributed by atoms with Crippen LogP contribution in [0.5, 0.6) is 0 Å². The van der Waals surface area contributed by atoms with Crippen molar-refractivity contribution in [3.05, 3.63) is 61.5 Å². The number of hydrogen-bond acceptors (Lipinski definition) is 2. The molecule has 0 atom stereocenters. The van der Waals surface area contributed by atoms with E-state index in [1.807, 2.05) is 24.3 Å². The Morgan fingerprint density at radius 3 is 2.77 bits per heavy atom. The summed E-state index contributed by atoms with van der Waals surface area (Å²) in [7, 11) is 0. The van der Waals surface area contributed by atoms with E-state index in [2.05, 4.69) is 23.5 Å². The molecule has 0 bridgehead atoms.